The quantitative estimate of drug-likeness (QED) is 0.847. The van der Waals surface area contributed by atoms with Gasteiger partial charge in [0, 0.05) is 0 Å². The summed E-state index contributed by atoms with van der Waals surface area (Å²) in [6, 6.07) is 0. The molecule has 0 saturated carbocycles. The van der Waals surface area contributed by atoms with Crippen LogP contribution in [0.3, 0.4) is 0 Å². The van der Waals surface area contributed by atoms with E-state index in [9.17, 15) is 4.79 Å². The maximum atomic E-state index is 12.0. The van der Waals surface area contributed by atoms with Gasteiger partial charge in [0.25, 0.3) is 0 Å². The second-order valence-corrected chi connectivity index (χ2v) is 6.69. The molecule has 24 heavy (non-hydrogen) atoms. The average molecular weight is 337 g/mol. The summed E-state index contributed by atoms with van der Waals surface area (Å²) in [5, 5.41) is 2.81. The predicted molar refractivity (Wildman–Crippen MR) is 96.1 cm³/mol. The third-order valence-electron chi connectivity index (χ3n) is 3.93. The van der Waals surface area contributed by atoms with Gasteiger partial charge in [0.05, 0.1) is 26.3 Å². The minimum Gasteiger partial charge on any atom is -0.496 e. The van der Waals surface area contributed by atoms with Crippen molar-refractivity contribution in [3.05, 3.63) is 22.3 Å². The molecule has 0 aliphatic heterocycles. The van der Waals surface area contributed by atoms with E-state index in [1.807, 2.05) is 20.8 Å². The van der Waals surface area contributed by atoms with Gasteiger partial charge in [-0.3, -0.25) is 0 Å². The van der Waals surface area contributed by atoms with Gasteiger partial charge in [-0.1, -0.05) is 13.8 Å². The molecule has 136 valence electrons. The minimum atomic E-state index is -0.533. The van der Waals surface area contributed by atoms with Crippen molar-refractivity contribution in [2.45, 2.75) is 66.5 Å². The molecule has 1 rings (SSSR count). The summed E-state index contributed by atoms with van der Waals surface area (Å²) in [7, 11) is 3.30. The second-order valence-electron chi connectivity index (χ2n) is 6.69. The molecule has 0 aliphatic rings. The molecule has 0 saturated heterocycles. The van der Waals surface area contributed by atoms with Gasteiger partial charge in [-0.25, -0.2) is 4.79 Å². The van der Waals surface area contributed by atoms with E-state index in [4.69, 9.17) is 14.2 Å². The Hall–Kier alpha value is -1.91. The number of methoxy groups -OCH3 is 2. The fourth-order valence-electron chi connectivity index (χ4n) is 2.97. The lowest BCUT2D eigenvalue weighted by Gasteiger charge is -2.24. The molecule has 0 radical (unpaired) electrons. The molecule has 0 atom stereocenters. The first-order valence-electron chi connectivity index (χ1n) is 8.42. The van der Waals surface area contributed by atoms with Gasteiger partial charge in [0.15, 0.2) is 0 Å². The number of hydrogen-bond donors (Lipinski definition) is 1. The van der Waals surface area contributed by atoms with Crippen LogP contribution in [0.25, 0.3) is 0 Å². The van der Waals surface area contributed by atoms with Crippen molar-refractivity contribution in [1.82, 2.24) is 5.32 Å². The monoisotopic (exact) mass is 337 g/mol. The van der Waals surface area contributed by atoms with Gasteiger partial charge in [-0.15, -0.1) is 0 Å². The van der Waals surface area contributed by atoms with Crippen LogP contribution in [-0.2, 0) is 24.1 Å². The normalized spacial score (nSPS) is 11.2. The van der Waals surface area contributed by atoms with Crippen LogP contribution in [0.4, 0.5) is 4.79 Å². The molecule has 0 heterocycles. The lowest BCUT2D eigenvalue weighted by atomic mass is 9.92. The van der Waals surface area contributed by atoms with Crippen LogP contribution in [-0.4, -0.2) is 25.9 Å². The van der Waals surface area contributed by atoms with E-state index < -0.39 is 11.7 Å². The Labute approximate surface area is 145 Å². The summed E-state index contributed by atoms with van der Waals surface area (Å²) in [4.78, 5) is 12.0. The summed E-state index contributed by atoms with van der Waals surface area (Å²) in [6.07, 6.45) is 1.25. The van der Waals surface area contributed by atoms with E-state index >= 15 is 0 Å². The summed E-state index contributed by atoms with van der Waals surface area (Å²) < 4.78 is 16.6. The molecular formula is C19H31NO4. The fourth-order valence-corrected chi connectivity index (χ4v) is 2.97. The number of hydrogen-bond acceptors (Lipinski definition) is 4. The SMILES string of the molecule is CCc1c(C)c(CC)c(OC)c(CNC(=O)OC(C)(C)C)c1OC. The van der Waals surface area contributed by atoms with Crippen LogP contribution >= 0.6 is 0 Å². The van der Waals surface area contributed by atoms with Crippen LogP contribution < -0.4 is 14.8 Å². The van der Waals surface area contributed by atoms with Crippen LogP contribution in [0.1, 0.15) is 56.9 Å². The Morgan fingerprint density at radius 2 is 1.42 bits per heavy atom. The van der Waals surface area contributed by atoms with E-state index in [1.165, 1.54) is 5.56 Å². The second kappa shape index (κ2) is 8.27. The average Bonchev–Trinajstić information content (AvgIpc) is 2.50. The first kappa shape index (κ1) is 20.1. The Morgan fingerprint density at radius 1 is 0.958 bits per heavy atom. The molecule has 5 heteroatoms. The zero-order valence-electron chi connectivity index (χ0n) is 16.3. The molecule has 0 aliphatic carbocycles. The molecule has 0 unspecified atom stereocenters. The molecule has 1 aromatic carbocycles. The van der Waals surface area contributed by atoms with Crippen molar-refractivity contribution in [1.29, 1.82) is 0 Å². The molecule has 0 fully saturated rings. The number of benzene rings is 1. The highest BCUT2D eigenvalue weighted by atomic mass is 16.6. The van der Waals surface area contributed by atoms with E-state index in [0.29, 0.717) is 6.54 Å². The number of carbonyl (C=O) groups is 1. The van der Waals surface area contributed by atoms with Gasteiger partial charge < -0.3 is 19.5 Å². The molecule has 5 nitrogen and oxygen atoms in total. The van der Waals surface area contributed by atoms with Crippen LogP contribution in [0, 0.1) is 6.92 Å². The van der Waals surface area contributed by atoms with Gasteiger partial charge in [-0.05, 0) is 57.2 Å². The highest BCUT2D eigenvalue weighted by Gasteiger charge is 2.23. The van der Waals surface area contributed by atoms with Gasteiger partial charge in [-0.2, -0.15) is 0 Å². The lowest BCUT2D eigenvalue weighted by Crippen LogP contribution is -2.32. The Morgan fingerprint density at radius 3 is 1.75 bits per heavy atom. The van der Waals surface area contributed by atoms with E-state index in [-0.39, 0.29) is 0 Å². The number of carbonyl (C=O) groups excluding carboxylic acids is 1. The van der Waals surface area contributed by atoms with E-state index in [1.54, 1.807) is 14.2 Å². The summed E-state index contributed by atoms with van der Waals surface area (Å²) >= 11 is 0. The Bertz CT molecular complexity index is 555. The molecule has 0 aromatic heterocycles. The van der Waals surface area contributed by atoms with Crippen LogP contribution in [0.2, 0.25) is 0 Å². The first-order valence-corrected chi connectivity index (χ1v) is 8.42. The minimum absolute atomic E-state index is 0.293. The molecule has 0 spiro atoms. The number of alkyl carbamates (subject to hydrolysis) is 1. The Balaban J connectivity index is 3.27. The van der Waals surface area contributed by atoms with E-state index in [2.05, 4.69) is 26.1 Å². The highest BCUT2D eigenvalue weighted by molar-refractivity contribution is 5.69. The Kier molecular flexibility index (Phi) is 6.93. The molecule has 1 amide bonds. The lowest BCUT2D eigenvalue weighted by molar-refractivity contribution is 0.0523. The molecule has 0 bridgehead atoms. The van der Waals surface area contributed by atoms with E-state index in [0.717, 1.165) is 41.0 Å². The summed E-state index contributed by atoms with van der Waals surface area (Å²) in [5.41, 5.74) is 3.81. The first-order chi connectivity index (χ1) is 11.2. The highest BCUT2D eigenvalue weighted by Crippen LogP contribution is 2.39. The number of rotatable bonds is 6. The molecule has 1 N–H and O–H groups in total. The number of nitrogens with one attached hydrogen (secondary N) is 1. The van der Waals surface area contributed by atoms with Crippen molar-refractivity contribution in [2.75, 3.05) is 14.2 Å². The van der Waals surface area contributed by atoms with Crippen molar-refractivity contribution < 1.29 is 19.0 Å². The predicted octanol–water partition coefficient (Wildman–Crippen LogP) is 4.16. The third-order valence-corrected chi connectivity index (χ3v) is 3.93. The van der Waals surface area contributed by atoms with Crippen molar-refractivity contribution >= 4 is 6.09 Å². The smallest absolute Gasteiger partial charge is 0.407 e. The standard InChI is InChI=1S/C19H31NO4/c1-9-13-12(3)14(10-2)17(23-8)15(16(13)22-7)11-20-18(21)24-19(4,5)6/h9-11H2,1-8H3,(H,20,21). The molecule has 1 aromatic rings. The van der Waals surface area contributed by atoms with Gasteiger partial charge in [0.2, 0.25) is 0 Å². The van der Waals surface area contributed by atoms with Crippen LogP contribution in [0.5, 0.6) is 11.5 Å². The van der Waals surface area contributed by atoms with Crippen molar-refractivity contribution in [2.24, 2.45) is 0 Å². The van der Waals surface area contributed by atoms with Gasteiger partial charge in [0.1, 0.15) is 17.1 Å². The van der Waals surface area contributed by atoms with Gasteiger partial charge >= 0.3 is 6.09 Å². The topological polar surface area (TPSA) is 56.8 Å². The zero-order valence-corrected chi connectivity index (χ0v) is 16.3. The van der Waals surface area contributed by atoms with Crippen LogP contribution in [0.15, 0.2) is 0 Å². The number of amides is 1. The number of ether oxygens (including phenoxy) is 3. The third kappa shape index (κ3) is 4.56. The molecular weight excluding hydrogens is 306 g/mol. The largest absolute Gasteiger partial charge is 0.496 e. The summed E-state index contributed by atoms with van der Waals surface area (Å²) in [5.74, 6) is 1.56. The van der Waals surface area contributed by atoms with Crippen molar-refractivity contribution in [3.63, 3.8) is 0 Å². The zero-order chi connectivity index (χ0) is 18.5. The fraction of sp³-hybridized carbons (Fsp3) is 0.632. The van der Waals surface area contributed by atoms with Crippen molar-refractivity contribution in [3.8, 4) is 11.5 Å². The maximum absolute atomic E-state index is 12.0. The maximum Gasteiger partial charge on any atom is 0.407 e. The summed E-state index contributed by atoms with van der Waals surface area (Å²) in [6.45, 7) is 12.1.